The lowest BCUT2D eigenvalue weighted by Gasteiger charge is -2.54. The van der Waals surface area contributed by atoms with Gasteiger partial charge >= 0.3 is 5.97 Å². The summed E-state index contributed by atoms with van der Waals surface area (Å²) in [7, 11) is 0. The predicted octanol–water partition coefficient (Wildman–Crippen LogP) is 2.58. The van der Waals surface area contributed by atoms with Gasteiger partial charge in [-0.3, -0.25) is 4.79 Å². The number of carbonyl (C=O) groups excluding carboxylic acids is 1. The van der Waals surface area contributed by atoms with Crippen LogP contribution in [-0.2, 0) is 4.79 Å². The molecule has 1 aliphatic heterocycles. The Kier molecular flexibility index (Phi) is 4.21. The molecule has 0 unspecified atom stereocenters. The minimum Gasteiger partial charge on any atom is -0.478 e. The highest BCUT2D eigenvalue weighted by atomic mass is 16.4. The molecule has 4 fully saturated rings. The smallest absolute Gasteiger partial charge is 0.335 e. The van der Waals surface area contributed by atoms with Crippen molar-refractivity contribution >= 4 is 23.5 Å². The number of piperazine rings is 1. The van der Waals surface area contributed by atoms with E-state index in [1.807, 2.05) is 4.90 Å². The van der Waals surface area contributed by atoms with Crippen molar-refractivity contribution in [3.63, 3.8) is 0 Å². The van der Waals surface area contributed by atoms with Gasteiger partial charge in [-0.05, 0) is 56.1 Å². The van der Waals surface area contributed by atoms with E-state index in [1.54, 1.807) is 12.1 Å². The van der Waals surface area contributed by atoms with E-state index in [0.717, 1.165) is 12.8 Å². The Hall–Kier alpha value is -2.31. The van der Waals surface area contributed by atoms with Gasteiger partial charge in [0.25, 0.3) is 0 Å². The maximum Gasteiger partial charge on any atom is 0.335 e. The normalized spacial score (nSPS) is 23.9. The maximum absolute atomic E-state index is 12.2. The number of pyridine rings is 1. The highest BCUT2D eigenvalue weighted by Crippen LogP contribution is 2.56. The summed E-state index contributed by atoms with van der Waals surface area (Å²) in [4.78, 5) is 32.6. The number of carboxylic acid groups (broad SMARTS) is 1. The molecule has 150 valence electrons. The van der Waals surface area contributed by atoms with Gasteiger partial charge in [-0.1, -0.05) is 6.42 Å². The third-order valence-corrected chi connectivity index (χ3v) is 7.03. The first-order chi connectivity index (χ1) is 13.5. The molecule has 7 heteroatoms. The van der Waals surface area contributed by atoms with Crippen LogP contribution < -0.4 is 10.2 Å². The fourth-order valence-electron chi connectivity index (χ4n) is 5.00. The van der Waals surface area contributed by atoms with Crippen molar-refractivity contribution in [1.29, 1.82) is 0 Å². The molecular weight excluding hydrogens is 356 g/mol. The van der Waals surface area contributed by atoms with Crippen molar-refractivity contribution in [2.45, 2.75) is 51.0 Å². The third-order valence-electron chi connectivity index (χ3n) is 7.03. The number of aromatic nitrogens is 1. The molecule has 1 aromatic heterocycles. The Labute approximate surface area is 165 Å². The van der Waals surface area contributed by atoms with Crippen LogP contribution in [-0.4, -0.2) is 59.1 Å². The molecule has 28 heavy (non-hydrogen) atoms. The Morgan fingerprint density at radius 2 is 1.82 bits per heavy atom. The molecule has 4 aliphatic rings. The zero-order chi connectivity index (χ0) is 19.3. The molecule has 0 atom stereocenters. The number of anilines is 2. The summed E-state index contributed by atoms with van der Waals surface area (Å²) in [6.45, 7) is 2.76. The number of carboxylic acids is 1. The molecule has 0 bridgehead atoms. The first-order valence-corrected chi connectivity index (χ1v) is 10.6. The van der Waals surface area contributed by atoms with Gasteiger partial charge in [-0.15, -0.1) is 0 Å². The topological polar surface area (TPSA) is 85.8 Å². The summed E-state index contributed by atoms with van der Waals surface area (Å²) >= 11 is 0. The van der Waals surface area contributed by atoms with Gasteiger partial charge in [0.1, 0.15) is 11.6 Å². The standard InChI is InChI=1S/C21H28N4O3/c26-19(14-2-3-14)25-8-6-24(7-9-25)18-11-15(20(27)28)10-17(23-18)22-16-12-21(13-16)4-1-5-21/h10-11,14,16H,1-9,12-13H2,(H,22,23)(H,27,28). The summed E-state index contributed by atoms with van der Waals surface area (Å²) in [6.07, 6.45) is 8.41. The number of amides is 1. The molecule has 1 amide bonds. The van der Waals surface area contributed by atoms with E-state index in [0.29, 0.717) is 49.3 Å². The fourth-order valence-corrected chi connectivity index (χ4v) is 5.00. The number of carbonyl (C=O) groups is 2. The average Bonchev–Trinajstić information content (AvgIpc) is 3.47. The van der Waals surface area contributed by atoms with Crippen molar-refractivity contribution in [3.8, 4) is 0 Å². The highest BCUT2D eigenvalue weighted by molar-refractivity contribution is 5.89. The van der Waals surface area contributed by atoms with E-state index in [2.05, 4.69) is 10.2 Å². The molecule has 3 aliphatic carbocycles. The van der Waals surface area contributed by atoms with E-state index in [9.17, 15) is 14.7 Å². The molecule has 3 saturated carbocycles. The zero-order valence-electron chi connectivity index (χ0n) is 16.2. The van der Waals surface area contributed by atoms with Crippen molar-refractivity contribution in [1.82, 2.24) is 9.88 Å². The SMILES string of the molecule is O=C(O)c1cc(NC2CC3(CCC3)C2)nc(N2CCN(C(=O)C3CC3)CC2)c1. The Bertz CT molecular complexity index is 787. The van der Waals surface area contributed by atoms with Crippen molar-refractivity contribution < 1.29 is 14.7 Å². The summed E-state index contributed by atoms with van der Waals surface area (Å²) in [5.41, 5.74) is 0.830. The second kappa shape index (κ2) is 6.64. The molecule has 0 aromatic carbocycles. The molecule has 7 nitrogen and oxygen atoms in total. The van der Waals surface area contributed by atoms with Crippen molar-refractivity contribution in [3.05, 3.63) is 17.7 Å². The molecule has 1 saturated heterocycles. The van der Waals surface area contributed by atoms with Crippen molar-refractivity contribution in [2.75, 3.05) is 36.4 Å². The third kappa shape index (κ3) is 3.31. The quantitative estimate of drug-likeness (QED) is 0.812. The zero-order valence-corrected chi connectivity index (χ0v) is 16.2. The van der Waals surface area contributed by atoms with Crippen LogP contribution in [0.2, 0.25) is 0 Å². The van der Waals surface area contributed by atoms with E-state index < -0.39 is 5.97 Å². The van der Waals surface area contributed by atoms with Crippen molar-refractivity contribution in [2.24, 2.45) is 11.3 Å². The Balaban J connectivity index is 1.26. The molecule has 2 heterocycles. The second-order valence-electron chi connectivity index (χ2n) is 9.09. The number of aromatic carboxylic acids is 1. The largest absolute Gasteiger partial charge is 0.478 e. The summed E-state index contributed by atoms with van der Waals surface area (Å²) < 4.78 is 0. The monoisotopic (exact) mass is 384 g/mol. The lowest BCUT2D eigenvalue weighted by atomic mass is 9.54. The molecule has 0 radical (unpaired) electrons. The Morgan fingerprint density at radius 1 is 1.11 bits per heavy atom. The van der Waals surface area contributed by atoms with E-state index in [1.165, 1.54) is 32.1 Å². The van der Waals surface area contributed by atoms with Crippen LogP contribution in [0.25, 0.3) is 0 Å². The molecule has 5 rings (SSSR count). The second-order valence-corrected chi connectivity index (χ2v) is 9.09. The van der Waals surface area contributed by atoms with Crippen LogP contribution in [0.4, 0.5) is 11.6 Å². The van der Waals surface area contributed by atoms with Gasteiger partial charge < -0.3 is 20.2 Å². The molecule has 1 spiro atoms. The number of nitrogens with zero attached hydrogens (tertiary/aromatic N) is 3. The lowest BCUT2D eigenvalue weighted by molar-refractivity contribution is -0.132. The average molecular weight is 384 g/mol. The van der Waals surface area contributed by atoms with Crippen LogP contribution in [0, 0.1) is 11.3 Å². The lowest BCUT2D eigenvalue weighted by Crippen LogP contribution is -2.50. The number of rotatable bonds is 5. The van der Waals surface area contributed by atoms with Crippen LogP contribution in [0.3, 0.4) is 0 Å². The van der Waals surface area contributed by atoms with Gasteiger partial charge in [0.05, 0.1) is 5.56 Å². The maximum atomic E-state index is 12.2. The summed E-state index contributed by atoms with van der Waals surface area (Å²) in [6, 6.07) is 3.70. The summed E-state index contributed by atoms with van der Waals surface area (Å²) in [5, 5.41) is 13.0. The highest BCUT2D eigenvalue weighted by Gasteiger charge is 2.48. The van der Waals surface area contributed by atoms with Gasteiger partial charge in [-0.2, -0.15) is 0 Å². The number of hydrogen-bond acceptors (Lipinski definition) is 5. The van der Waals surface area contributed by atoms with Crippen LogP contribution >= 0.6 is 0 Å². The fraction of sp³-hybridized carbons (Fsp3) is 0.667. The van der Waals surface area contributed by atoms with Crippen LogP contribution in [0.5, 0.6) is 0 Å². The first kappa shape index (κ1) is 17.8. The van der Waals surface area contributed by atoms with Crippen LogP contribution in [0.15, 0.2) is 12.1 Å². The van der Waals surface area contributed by atoms with Crippen LogP contribution in [0.1, 0.15) is 55.3 Å². The van der Waals surface area contributed by atoms with E-state index in [-0.39, 0.29) is 17.4 Å². The molecule has 1 aromatic rings. The van der Waals surface area contributed by atoms with E-state index in [4.69, 9.17) is 4.98 Å². The first-order valence-electron chi connectivity index (χ1n) is 10.6. The summed E-state index contributed by atoms with van der Waals surface area (Å²) in [5.74, 6) is 0.948. The van der Waals surface area contributed by atoms with E-state index >= 15 is 0 Å². The van der Waals surface area contributed by atoms with Gasteiger partial charge in [0, 0.05) is 38.1 Å². The van der Waals surface area contributed by atoms with Gasteiger partial charge in [0.2, 0.25) is 5.91 Å². The van der Waals surface area contributed by atoms with Gasteiger partial charge in [0.15, 0.2) is 0 Å². The number of hydrogen-bond donors (Lipinski definition) is 2. The molecular formula is C21H28N4O3. The minimum absolute atomic E-state index is 0.247. The van der Waals surface area contributed by atoms with Gasteiger partial charge in [-0.25, -0.2) is 9.78 Å². The minimum atomic E-state index is -0.932. The Morgan fingerprint density at radius 3 is 2.39 bits per heavy atom. The molecule has 2 N–H and O–H groups in total. The number of nitrogens with one attached hydrogen (secondary N) is 1. The predicted molar refractivity (Wildman–Crippen MR) is 106 cm³/mol.